The summed E-state index contributed by atoms with van der Waals surface area (Å²) < 4.78 is 112. The van der Waals surface area contributed by atoms with Crippen molar-refractivity contribution in [3.63, 3.8) is 0 Å². The van der Waals surface area contributed by atoms with Gasteiger partial charge in [0.2, 0.25) is 12.9 Å². The van der Waals surface area contributed by atoms with Crippen LogP contribution in [0.2, 0.25) is 0 Å². The van der Waals surface area contributed by atoms with Crippen molar-refractivity contribution in [1.82, 2.24) is 0 Å². The van der Waals surface area contributed by atoms with Gasteiger partial charge in [0, 0.05) is 0 Å². The van der Waals surface area contributed by atoms with Crippen LogP contribution in [0.1, 0.15) is 0 Å². The SMILES string of the molecule is FCC(C(F)F)C(F)F.FCC(CF)C(F)(F)F. The van der Waals surface area contributed by atoms with Gasteiger partial charge in [-0.05, 0) is 0 Å². The highest BCUT2D eigenvalue weighted by atomic mass is 19.4. The molecule has 0 aliphatic heterocycles. The van der Waals surface area contributed by atoms with Crippen LogP contribution in [0.4, 0.5) is 43.9 Å². The Labute approximate surface area is 96.0 Å². The van der Waals surface area contributed by atoms with E-state index in [1.807, 2.05) is 0 Å². The highest BCUT2D eigenvalue weighted by Crippen LogP contribution is 2.26. The van der Waals surface area contributed by atoms with Gasteiger partial charge in [-0.3, -0.25) is 13.2 Å². The minimum absolute atomic E-state index is 1.67. The van der Waals surface area contributed by atoms with Crippen LogP contribution in [0.5, 0.6) is 0 Å². The zero-order valence-electron chi connectivity index (χ0n) is 8.71. The van der Waals surface area contributed by atoms with Gasteiger partial charge in [-0.15, -0.1) is 0 Å². The van der Waals surface area contributed by atoms with E-state index in [0.29, 0.717) is 0 Å². The molecule has 0 radical (unpaired) electrons. The number of halogens is 10. The molecule has 18 heavy (non-hydrogen) atoms. The first-order valence-electron chi connectivity index (χ1n) is 4.42. The zero-order chi connectivity index (χ0) is 14.9. The molecule has 0 heterocycles. The van der Waals surface area contributed by atoms with Gasteiger partial charge in [0.05, 0.1) is 0 Å². The van der Waals surface area contributed by atoms with Crippen LogP contribution in [0.25, 0.3) is 0 Å². The van der Waals surface area contributed by atoms with Crippen molar-refractivity contribution in [2.45, 2.75) is 19.0 Å². The molecule has 0 bridgehead atoms. The average molecular weight is 296 g/mol. The maximum absolute atomic E-state index is 11.2. The standard InChI is InChI=1S/2C4H5F5/c5-1-3(2-6)4(7,8)9;5-1-2(3(6)7)4(8)9/h3H,1-2H2;2-4H,1H2. The summed E-state index contributed by atoms with van der Waals surface area (Å²) in [6, 6.07) is 0. The molecule has 0 aliphatic carbocycles. The molecule has 0 aromatic heterocycles. The van der Waals surface area contributed by atoms with Crippen molar-refractivity contribution in [2.75, 3.05) is 20.0 Å². The van der Waals surface area contributed by atoms with Crippen LogP contribution in [-0.4, -0.2) is 39.1 Å². The van der Waals surface area contributed by atoms with Gasteiger partial charge >= 0.3 is 6.18 Å². The second kappa shape index (κ2) is 9.26. The van der Waals surface area contributed by atoms with Gasteiger partial charge < -0.3 is 0 Å². The molecular weight excluding hydrogens is 286 g/mol. The van der Waals surface area contributed by atoms with E-state index in [2.05, 4.69) is 0 Å². The third kappa shape index (κ3) is 8.40. The van der Waals surface area contributed by atoms with Crippen molar-refractivity contribution < 1.29 is 43.9 Å². The summed E-state index contributed by atoms with van der Waals surface area (Å²) >= 11 is 0. The van der Waals surface area contributed by atoms with Gasteiger partial charge in [0.25, 0.3) is 0 Å². The topological polar surface area (TPSA) is 0 Å². The lowest BCUT2D eigenvalue weighted by molar-refractivity contribution is -0.181. The summed E-state index contributed by atoms with van der Waals surface area (Å²) in [6.45, 7) is -5.03. The fourth-order valence-corrected chi connectivity index (χ4v) is 0.461. The summed E-state index contributed by atoms with van der Waals surface area (Å²) in [7, 11) is 0. The lowest BCUT2D eigenvalue weighted by Gasteiger charge is -2.11. The van der Waals surface area contributed by atoms with E-state index in [1.165, 1.54) is 0 Å². The predicted molar refractivity (Wildman–Crippen MR) is 43.0 cm³/mol. The lowest BCUT2D eigenvalue weighted by Crippen LogP contribution is -2.26. The lowest BCUT2D eigenvalue weighted by atomic mass is 10.2. The first kappa shape index (κ1) is 19.6. The van der Waals surface area contributed by atoms with E-state index in [-0.39, 0.29) is 0 Å². The molecule has 0 rings (SSSR count). The van der Waals surface area contributed by atoms with E-state index < -0.39 is 50.9 Å². The fraction of sp³-hybridized carbons (Fsp3) is 1.00. The molecule has 0 spiro atoms. The summed E-state index contributed by atoms with van der Waals surface area (Å²) in [5.74, 6) is -4.84. The quantitative estimate of drug-likeness (QED) is 0.667. The monoisotopic (exact) mass is 296 g/mol. The Hall–Kier alpha value is -0.700. The van der Waals surface area contributed by atoms with Crippen LogP contribution in [0.15, 0.2) is 0 Å². The zero-order valence-corrected chi connectivity index (χ0v) is 8.71. The normalized spacial score (nSPS) is 12.3. The fourth-order valence-electron chi connectivity index (χ4n) is 0.461. The molecule has 0 N–H and O–H groups in total. The number of hydrogen-bond donors (Lipinski definition) is 0. The Balaban J connectivity index is 0. The molecule has 0 amide bonds. The van der Waals surface area contributed by atoms with Crippen LogP contribution in [0, 0.1) is 11.8 Å². The average Bonchev–Trinajstić information content (AvgIpc) is 2.17. The maximum atomic E-state index is 11.2. The van der Waals surface area contributed by atoms with E-state index in [4.69, 9.17) is 0 Å². The minimum Gasteiger partial charge on any atom is -0.250 e. The summed E-state index contributed by atoms with van der Waals surface area (Å²) in [5.41, 5.74) is 0. The minimum atomic E-state index is -4.73. The van der Waals surface area contributed by atoms with Gasteiger partial charge in [-0.25, -0.2) is 17.6 Å². The third-order valence-electron chi connectivity index (χ3n) is 1.66. The van der Waals surface area contributed by atoms with Crippen LogP contribution >= 0.6 is 0 Å². The highest BCUT2D eigenvalue weighted by molar-refractivity contribution is 4.64. The number of rotatable bonds is 5. The van der Waals surface area contributed by atoms with E-state index in [1.54, 1.807) is 0 Å². The van der Waals surface area contributed by atoms with E-state index in [0.717, 1.165) is 0 Å². The Bertz CT molecular complexity index is 174. The second-order valence-electron chi connectivity index (χ2n) is 3.03. The molecule has 10 heteroatoms. The van der Waals surface area contributed by atoms with Crippen molar-refractivity contribution >= 4 is 0 Å². The molecule has 112 valence electrons. The predicted octanol–water partition coefficient (Wildman–Crippen LogP) is 4.21. The van der Waals surface area contributed by atoms with E-state index in [9.17, 15) is 43.9 Å². The summed E-state index contributed by atoms with van der Waals surface area (Å²) in [5, 5.41) is 0. The van der Waals surface area contributed by atoms with Crippen LogP contribution in [-0.2, 0) is 0 Å². The molecule has 0 atom stereocenters. The number of hydrogen-bond acceptors (Lipinski definition) is 0. The molecular formula is C8H10F10. The Morgan fingerprint density at radius 2 is 1.00 bits per heavy atom. The van der Waals surface area contributed by atoms with Crippen molar-refractivity contribution in [2.24, 2.45) is 11.8 Å². The van der Waals surface area contributed by atoms with Crippen LogP contribution < -0.4 is 0 Å². The maximum Gasteiger partial charge on any atom is 0.396 e. The molecule has 0 aliphatic rings. The molecule has 0 aromatic carbocycles. The smallest absolute Gasteiger partial charge is 0.250 e. The van der Waals surface area contributed by atoms with Gasteiger partial charge in [0.15, 0.2) is 0 Å². The largest absolute Gasteiger partial charge is 0.396 e. The van der Waals surface area contributed by atoms with Crippen molar-refractivity contribution in [1.29, 1.82) is 0 Å². The molecule has 0 aromatic rings. The Morgan fingerprint density at radius 1 is 0.667 bits per heavy atom. The number of alkyl halides is 10. The Morgan fingerprint density at radius 3 is 1.00 bits per heavy atom. The first-order chi connectivity index (χ1) is 8.11. The first-order valence-corrected chi connectivity index (χ1v) is 4.42. The van der Waals surface area contributed by atoms with Gasteiger partial charge in [-0.2, -0.15) is 13.2 Å². The van der Waals surface area contributed by atoms with Crippen molar-refractivity contribution in [3.05, 3.63) is 0 Å². The van der Waals surface area contributed by atoms with Gasteiger partial charge in [0.1, 0.15) is 31.9 Å². The van der Waals surface area contributed by atoms with Gasteiger partial charge in [-0.1, -0.05) is 0 Å². The Kier molecular flexibility index (Phi) is 10.1. The summed E-state index contributed by atoms with van der Waals surface area (Å²) in [6.07, 6.45) is -11.3. The third-order valence-corrected chi connectivity index (χ3v) is 1.66. The van der Waals surface area contributed by atoms with E-state index >= 15 is 0 Å². The molecule has 0 unspecified atom stereocenters. The van der Waals surface area contributed by atoms with Crippen molar-refractivity contribution in [3.8, 4) is 0 Å². The van der Waals surface area contributed by atoms with Crippen LogP contribution in [0.3, 0.4) is 0 Å². The molecule has 0 saturated carbocycles. The molecule has 0 saturated heterocycles. The highest BCUT2D eigenvalue weighted by Gasteiger charge is 2.39. The second-order valence-corrected chi connectivity index (χ2v) is 3.03. The molecule has 0 fully saturated rings. The molecule has 0 nitrogen and oxygen atoms in total. The summed E-state index contributed by atoms with van der Waals surface area (Å²) in [4.78, 5) is 0.